The van der Waals surface area contributed by atoms with E-state index in [1.165, 1.54) is 4.80 Å². The average Bonchev–Trinajstić information content (AvgIpc) is 3.11. The van der Waals surface area contributed by atoms with Crippen LogP contribution in [0.5, 0.6) is 17.2 Å². The van der Waals surface area contributed by atoms with Crippen molar-refractivity contribution in [2.45, 2.75) is 6.54 Å². The van der Waals surface area contributed by atoms with Gasteiger partial charge in [0.1, 0.15) is 17.2 Å². The highest BCUT2D eigenvalue weighted by Gasteiger charge is 2.15. The second-order valence-corrected chi connectivity index (χ2v) is 5.49. The van der Waals surface area contributed by atoms with Gasteiger partial charge in [-0.1, -0.05) is 0 Å². The van der Waals surface area contributed by atoms with Gasteiger partial charge in [0.05, 0.1) is 33.1 Å². The van der Waals surface area contributed by atoms with E-state index < -0.39 is 0 Å². The predicted octanol–water partition coefficient (Wildman–Crippen LogP) is 2.52. The standard InChI is InChI=1S/C18H21N5O3/c1-23-21-11-15(22-23)14-7-8-19-18(17(14)26-4)20-10-12-5-6-13(24-2)9-16(12)25-3/h5-9,11H,10H2,1-4H3,(H,19,20). The van der Waals surface area contributed by atoms with Gasteiger partial charge in [-0.3, -0.25) is 0 Å². The fourth-order valence-electron chi connectivity index (χ4n) is 2.63. The third kappa shape index (κ3) is 3.53. The van der Waals surface area contributed by atoms with Crippen molar-refractivity contribution in [3.63, 3.8) is 0 Å². The summed E-state index contributed by atoms with van der Waals surface area (Å²) in [4.78, 5) is 5.89. The van der Waals surface area contributed by atoms with Gasteiger partial charge in [-0.25, -0.2) is 4.98 Å². The van der Waals surface area contributed by atoms with Gasteiger partial charge in [0.25, 0.3) is 0 Å². The molecule has 0 fully saturated rings. The second-order valence-electron chi connectivity index (χ2n) is 5.49. The summed E-state index contributed by atoms with van der Waals surface area (Å²) in [5.41, 5.74) is 2.51. The van der Waals surface area contributed by atoms with E-state index in [0.29, 0.717) is 18.1 Å². The van der Waals surface area contributed by atoms with Gasteiger partial charge in [-0.05, 0) is 18.2 Å². The van der Waals surface area contributed by atoms with Crippen LogP contribution in [0.15, 0.2) is 36.7 Å². The highest BCUT2D eigenvalue weighted by Crippen LogP contribution is 2.34. The molecule has 0 aliphatic heterocycles. The first-order chi connectivity index (χ1) is 12.7. The smallest absolute Gasteiger partial charge is 0.170 e. The molecule has 0 spiro atoms. The summed E-state index contributed by atoms with van der Waals surface area (Å²) in [6, 6.07) is 7.53. The number of aromatic nitrogens is 4. The summed E-state index contributed by atoms with van der Waals surface area (Å²) in [5, 5.41) is 11.7. The highest BCUT2D eigenvalue weighted by molar-refractivity contribution is 5.73. The Hall–Kier alpha value is -3.29. The summed E-state index contributed by atoms with van der Waals surface area (Å²) in [7, 11) is 6.63. The lowest BCUT2D eigenvalue weighted by molar-refractivity contribution is 0.391. The van der Waals surface area contributed by atoms with Crippen LogP contribution in [0.4, 0.5) is 5.82 Å². The zero-order valence-corrected chi connectivity index (χ0v) is 15.2. The predicted molar refractivity (Wildman–Crippen MR) is 97.7 cm³/mol. The average molecular weight is 355 g/mol. The van der Waals surface area contributed by atoms with Crippen LogP contribution in [0, 0.1) is 0 Å². The number of aryl methyl sites for hydroxylation is 1. The maximum Gasteiger partial charge on any atom is 0.170 e. The van der Waals surface area contributed by atoms with Gasteiger partial charge in [-0.15, -0.1) is 0 Å². The lowest BCUT2D eigenvalue weighted by atomic mass is 10.1. The van der Waals surface area contributed by atoms with Gasteiger partial charge in [0.2, 0.25) is 0 Å². The van der Waals surface area contributed by atoms with E-state index >= 15 is 0 Å². The topological polar surface area (TPSA) is 83.3 Å². The van der Waals surface area contributed by atoms with E-state index in [1.54, 1.807) is 40.8 Å². The Kier molecular flexibility index (Phi) is 5.21. The van der Waals surface area contributed by atoms with Crippen LogP contribution >= 0.6 is 0 Å². The van der Waals surface area contributed by atoms with Crippen molar-refractivity contribution in [1.82, 2.24) is 20.0 Å². The van der Waals surface area contributed by atoms with Gasteiger partial charge < -0.3 is 19.5 Å². The van der Waals surface area contributed by atoms with Gasteiger partial charge in [0.15, 0.2) is 11.6 Å². The van der Waals surface area contributed by atoms with Crippen molar-refractivity contribution in [3.05, 3.63) is 42.2 Å². The van der Waals surface area contributed by atoms with Crippen LogP contribution in [0.25, 0.3) is 11.3 Å². The normalized spacial score (nSPS) is 10.5. The van der Waals surface area contributed by atoms with Crippen molar-refractivity contribution < 1.29 is 14.2 Å². The van der Waals surface area contributed by atoms with Crippen molar-refractivity contribution in [2.75, 3.05) is 26.6 Å². The summed E-state index contributed by atoms with van der Waals surface area (Å²) in [5.74, 6) is 2.71. The molecule has 0 aliphatic carbocycles. The largest absolute Gasteiger partial charge is 0.497 e. The van der Waals surface area contributed by atoms with E-state index in [-0.39, 0.29) is 0 Å². The molecule has 2 heterocycles. The fraction of sp³-hybridized carbons (Fsp3) is 0.278. The number of nitrogens with zero attached hydrogens (tertiary/aromatic N) is 4. The molecule has 3 aromatic rings. The Morgan fingerprint density at radius 1 is 1.08 bits per heavy atom. The van der Waals surface area contributed by atoms with E-state index in [4.69, 9.17) is 14.2 Å². The molecule has 0 atom stereocenters. The molecule has 8 heteroatoms. The minimum absolute atomic E-state index is 0.514. The van der Waals surface area contributed by atoms with Crippen molar-refractivity contribution >= 4 is 5.82 Å². The maximum atomic E-state index is 5.57. The Labute approximate surface area is 151 Å². The molecule has 0 aliphatic rings. The van der Waals surface area contributed by atoms with E-state index in [0.717, 1.165) is 28.3 Å². The Morgan fingerprint density at radius 2 is 1.92 bits per heavy atom. The number of ether oxygens (including phenoxy) is 3. The van der Waals surface area contributed by atoms with Gasteiger partial charge in [-0.2, -0.15) is 15.0 Å². The number of benzene rings is 1. The van der Waals surface area contributed by atoms with E-state index in [2.05, 4.69) is 20.5 Å². The molecule has 1 aromatic carbocycles. The van der Waals surface area contributed by atoms with Crippen LogP contribution in [0.3, 0.4) is 0 Å². The number of methoxy groups -OCH3 is 3. The SMILES string of the molecule is COc1ccc(CNc2nccc(-c3cnn(C)n3)c2OC)c(OC)c1. The molecule has 8 nitrogen and oxygen atoms in total. The van der Waals surface area contributed by atoms with Gasteiger partial charge >= 0.3 is 0 Å². The van der Waals surface area contributed by atoms with Crippen LogP contribution in [-0.4, -0.2) is 41.3 Å². The molecule has 0 saturated heterocycles. The lowest BCUT2D eigenvalue weighted by Crippen LogP contribution is -2.06. The Morgan fingerprint density at radius 3 is 2.58 bits per heavy atom. The molecular formula is C18H21N5O3. The summed E-state index contributed by atoms with van der Waals surface area (Å²) in [6.45, 7) is 0.514. The van der Waals surface area contributed by atoms with E-state index in [1.807, 2.05) is 24.3 Å². The maximum absolute atomic E-state index is 5.57. The monoisotopic (exact) mass is 355 g/mol. The molecule has 0 unspecified atom stereocenters. The summed E-state index contributed by atoms with van der Waals surface area (Å²) in [6.07, 6.45) is 3.40. The first-order valence-corrected chi connectivity index (χ1v) is 8.00. The number of rotatable bonds is 7. The highest BCUT2D eigenvalue weighted by atomic mass is 16.5. The molecule has 0 amide bonds. The number of hydrogen-bond acceptors (Lipinski definition) is 7. The minimum atomic E-state index is 0.514. The Balaban J connectivity index is 1.87. The number of pyridine rings is 1. The molecule has 0 saturated carbocycles. The molecule has 0 bridgehead atoms. The fourth-order valence-corrected chi connectivity index (χ4v) is 2.63. The van der Waals surface area contributed by atoms with E-state index in [9.17, 15) is 0 Å². The Bertz CT molecular complexity index is 894. The number of nitrogens with one attached hydrogen (secondary N) is 1. The van der Waals surface area contributed by atoms with Crippen molar-refractivity contribution in [2.24, 2.45) is 7.05 Å². The lowest BCUT2D eigenvalue weighted by Gasteiger charge is -2.15. The number of hydrogen-bond donors (Lipinski definition) is 1. The quantitative estimate of drug-likeness (QED) is 0.697. The first-order valence-electron chi connectivity index (χ1n) is 8.00. The molecule has 3 rings (SSSR count). The van der Waals surface area contributed by atoms with Gasteiger partial charge in [0, 0.05) is 31.4 Å². The van der Waals surface area contributed by atoms with Crippen molar-refractivity contribution in [1.29, 1.82) is 0 Å². The minimum Gasteiger partial charge on any atom is -0.497 e. The summed E-state index contributed by atoms with van der Waals surface area (Å²) < 4.78 is 16.2. The number of anilines is 1. The van der Waals surface area contributed by atoms with Crippen LogP contribution in [0.2, 0.25) is 0 Å². The zero-order valence-electron chi connectivity index (χ0n) is 15.2. The molecule has 0 radical (unpaired) electrons. The third-order valence-corrected chi connectivity index (χ3v) is 3.92. The molecule has 26 heavy (non-hydrogen) atoms. The third-order valence-electron chi connectivity index (χ3n) is 3.92. The van der Waals surface area contributed by atoms with Crippen molar-refractivity contribution in [3.8, 4) is 28.5 Å². The molecule has 136 valence electrons. The molecule has 1 N–H and O–H groups in total. The molecular weight excluding hydrogens is 334 g/mol. The molecule has 2 aromatic heterocycles. The second kappa shape index (κ2) is 7.73. The summed E-state index contributed by atoms with van der Waals surface area (Å²) >= 11 is 0. The van der Waals surface area contributed by atoms with Crippen LogP contribution < -0.4 is 19.5 Å². The zero-order chi connectivity index (χ0) is 18.5. The van der Waals surface area contributed by atoms with Crippen LogP contribution in [-0.2, 0) is 13.6 Å². The first kappa shape index (κ1) is 17.5. The van der Waals surface area contributed by atoms with Crippen LogP contribution in [0.1, 0.15) is 5.56 Å².